The van der Waals surface area contributed by atoms with Crippen molar-refractivity contribution in [3.8, 4) is 11.4 Å². The zero-order chi connectivity index (χ0) is 13.1. The number of nitrogens with zero attached hydrogens (tertiary/aromatic N) is 2. The number of rotatable bonds is 4. The second-order valence-corrected chi connectivity index (χ2v) is 4.77. The van der Waals surface area contributed by atoms with Gasteiger partial charge in [-0.1, -0.05) is 29.3 Å². The maximum Gasteiger partial charge on any atom is 0.195 e. The van der Waals surface area contributed by atoms with Crippen LogP contribution in [-0.4, -0.2) is 28.5 Å². The van der Waals surface area contributed by atoms with Crippen molar-refractivity contribution >= 4 is 35.4 Å². The van der Waals surface area contributed by atoms with Crippen molar-refractivity contribution < 1.29 is 4.74 Å². The van der Waals surface area contributed by atoms with Gasteiger partial charge >= 0.3 is 0 Å². The van der Waals surface area contributed by atoms with Crippen LogP contribution in [0.3, 0.4) is 0 Å². The van der Waals surface area contributed by atoms with Crippen molar-refractivity contribution in [3.63, 3.8) is 0 Å². The van der Waals surface area contributed by atoms with Crippen molar-refractivity contribution in [3.05, 3.63) is 33.0 Å². The van der Waals surface area contributed by atoms with Crippen molar-refractivity contribution in [2.75, 3.05) is 13.7 Å². The second-order valence-electron chi connectivity index (χ2n) is 3.60. The van der Waals surface area contributed by atoms with Crippen LogP contribution in [0, 0.1) is 4.77 Å². The Kier molecular flexibility index (Phi) is 4.40. The number of hydrogen-bond donors (Lipinski definition) is 1. The van der Waals surface area contributed by atoms with Crippen molar-refractivity contribution in [1.82, 2.24) is 14.8 Å². The molecule has 4 nitrogen and oxygen atoms in total. The minimum absolute atomic E-state index is 0.465. The highest BCUT2D eigenvalue weighted by molar-refractivity contribution is 7.71. The molecule has 0 atom stereocenters. The van der Waals surface area contributed by atoms with E-state index in [1.807, 2.05) is 16.7 Å². The molecular weight excluding hydrogens is 293 g/mol. The first kappa shape index (κ1) is 13.5. The lowest BCUT2D eigenvalue weighted by Crippen LogP contribution is -2.06. The van der Waals surface area contributed by atoms with Crippen LogP contribution >= 0.6 is 35.4 Å². The van der Waals surface area contributed by atoms with E-state index in [-0.39, 0.29) is 0 Å². The summed E-state index contributed by atoms with van der Waals surface area (Å²) in [4.78, 5) is 0. The van der Waals surface area contributed by atoms with Crippen LogP contribution in [0.1, 0.15) is 0 Å². The predicted octanol–water partition coefficient (Wildman–Crippen LogP) is 3.56. The minimum Gasteiger partial charge on any atom is -0.383 e. The predicted molar refractivity (Wildman–Crippen MR) is 74.7 cm³/mol. The van der Waals surface area contributed by atoms with Gasteiger partial charge in [0.2, 0.25) is 0 Å². The highest BCUT2D eigenvalue weighted by Crippen LogP contribution is 2.32. The molecule has 0 aliphatic rings. The fraction of sp³-hybridized carbons (Fsp3) is 0.273. The van der Waals surface area contributed by atoms with Gasteiger partial charge in [-0.2, -0.15) is 5.10 Å². The van der Waals surface area contributed by atoms with Gasteiger partial charge < -0.3 is 4.74 Å². The van der Waals surface area contributed by atoms with E-state index in [1.54, 1.807) is 13.2 Å². The first-order valence-corrected chi connectivity index (χ1v) is 6.40. The molecule has 0 unspecified atom stereocenters. The first-order chi connectivity index (χ1) is 8.65. The molecule has 18 heavy (non-hydrogen) atoms. The van der Waals surface area contributed by atoms with E-state index in [0.29, 0.717) is 33.8 Å². The quantitative estimate of drug-likeness (QED) is 0.878. The number of aromatic amines is 1. The minimum atomic E-state index is 0.465. The molecule has 1 heterocycles. The largest absolute Gasteiger partial charge is 0.383 e. The molecule has 2 aromatic rings. The standard InChI is InChI=1S/C11H11Cl2N3OS/c1-17-6-5-16-10(14-15-11(16)18)7-3-2-4-8(12)9(7)13/h2-4H,5-6H2,1H3,(H,15,18). The number of H-pyrrole nitrogens is 1. The molecule has 0 aliphatic carbocycles. The fourth-order valence-corrected chi connectivity index (χ4v) is 2.20. The number of ether oxygens (including phenoxy) is 1. The Morgan fingerprint density at radius 3 is 2.94 bits per heavy atom. The second kappa shape index (κ2) is 5.84. The van der Waals surface area contributed by atoms with Crippen molar-refractivity contribution in [1.29, 1.82) is 0 Å². The van der Waals surface area contributed by atoms with Crippen LogP contribution in [0.2, 0.25) is 10.0 Å². The molecule has 1 N–H and O–H groups in total. The molecule has 0 amide bonds. The lowest BCUT2D eigenvalue weighted by Gasteiger charge is -2.08. The van der Waals surface area contributed by atoms with Crippen LogP contribution in [0.4, 0.5) is 0 Å². The molecule has 96 valence electrons. The Labute approximate surface area is 119 Å². The van der Waals surface area contributed by atoms with Crippen LogP contribution in [0.25, 0.3) is 11.4 Å². The molecule has 0 aliphatic heterocycles. The molecule has 0 spiro atoms. The van der Waals surface area contributed by atoms with E-state index in [4.69, 9.17) is 40.2 Å². The fourth-order valence-electron chi connectivity index (χ4n) is 1.59. The number of benzene rings is 1. The lowest BCUT2D eigenvalue weighted by molar-refractivity contribution is 0.187. The SMILES string of the molecule is COCCn1c(-c2cccc(Cl)c2Cl)n[nH]c1=S. The maximum absolute atomic E-state index is 6.18. The van der Waals surface area contributed by atoms with Gasteiger partial charge in [-0.15, -0.1) is 0 Å². The summed E-state index contributed by atoms with van der Waals surface area (Å²) in [6.07, 6.45) is 0. The van der Waals surface area contributed by atoms with E-state index < -0.39 is 0 Å². The smallest absolute Gasteiger partial charge is 0.195 e. The van der Waals surface area contributed by atoms with Crippen molar-refractivity contribution in [2.24, 2.45) is 0 Å². The van der Waals surface area contributed by atoms with Gasteiger partial charge in [-0.05, 0) is 24.4 Å². The van der Waals surface area contributed by atoms with E-state index >= 15 is 0 Å². The molecule has 2 rings (SSSR count). The molecule has 0 saturated heterocycles. The van der Waals surface area contributed by atoms with Crippen LogP contribution in [0.5, 0.6) is 0 Å². The summed E-state index contributed by atoms with van der Waals surface area (Å²) < 4.78 is 7.40. The monoisotopic (exact) mass is 303 g/mol. The van der Waals surface area contributed by atoms with Gasteiger partial charge in [0.1, 0.15) is 0 Å². The molecule has 0 fully saturated rings. The third kappa shape index (κ3) is 2.59. The zero-order valence-electron chi connectivity index (χ0n) is 9.61. The molecule has 1 aromatic carbocycles. The van der Waals surface area contributed by atoms with E-state index in [0.717, 1.165) is 5.56 Å². The average molecular weight is 304 g/mol. The number of halogens is 2. The Balaban J connectivity index is 2.51. The molecule has 1 aromatic heterocycles. The summed E-state index contributed by atoms with van der Waals surface area (Å²) in [5.74, 6) is 0.657. The molecule has 0 bridgehead atoms. The van der Waals surface area contributed by atoms with E-state index in [2.05, 4.69) is 10.2 Å². The Hall–Kier alpha value is -0.880. The molecular formula is C11H11Cl2N3OS. The summed E-state index contributed by atoms with van der Waals surface area (Å²) in [5.41, 5.74) is 0.743. The molecule has 0 radical (unpaired) electrons. The normalized spacial score (nSPS) is 10.8. The summed E-state index contributed by atoms with van der Waals surface area (Å²) in [5, 5.41) is 7.89. The lowest BCUT2D eigenvalue weighted by atomic mass is 10.2. The van der Waals surface area contributed by atoms with Gasteiger partial charge in [0.15, 0.2) is 10.6 Å². The Morgan fingerprint density at radius 2 is 2.22 bits per heavy atom. The van der Waals surface area contributed by atoms with Gasteiger partial charge in [-0.3, -0.25) is 9.67 Å². The van der Waals surface area contributed by atoms with Crippen LogP contribution in [-0.2, 0) is 11.3 Å². The Bertz CT molecular complexity index is 609. The summed E-state index contributed by atoms with van der Waals surface area (Å²) >= 11 is 17.4. The number of methoxy groups -OCH3 is 1. The van der Waals surface area contributed by atoms with Crippen LogP contribution in [0.15, 0.2) is 18.2 Å². The highest BCUT2D eigenvalue weighted by Gasteiger charge is 2.13. The summed E-state index contributed by atoms with van der Waals surface area (Å²) in [7, 11) is 1.63. The average Bonchev–Trinajstić information content (AvgIpc) is 2.72. The van der Waals surface area contributed by atoms with Crippen LogP contribution < -0.4 is 0 Å². The van der Waals surface area contributed by atoms with Crippen molar-refractivity contribution in [2.45, 2.75) is 6.54 Å². The third-order valence-electron chi connectivity index (χ3n) is 2.47. The summed E-state index contributed by atoms with van der Waals surface area (Å²) in [6, 6.07) is 5.40. The first-order valence-electron chi connectivity index (χ1n) is 5.23. The topological polar surface area (TPSA) is 42.8 Å². The van der Waals surface area contributed by atoms with E-state index in [1.165, 1.54) is 0 Å². The molecule has 0 saturated carbocycles. The third-order valence-corrected chi connectivity index (χ3v) is 3.60. The highest BCUT2D eigenvalue weighted by atomic mass is 35.5. The van der Waals surface area contributed by atoms with Gasteiger partial charge in [0.05, 0.1) is 23.2 Å². The molecule has 7 heteroatoms. The van der Waals surface area contributed by atoms with Gasteiger partial charge in [0.25, 0.3) is 0 Å². The Morgan fingerprint density at radius 1 is 1.44 bits per heavy atom. The van der Waals surface area contributed by atoms with Gasteiger partial charge in [-0.25, -0.2) is 0 Å². The number of nitrogens with one attached hydrogen (secondary N) is 1. The number of aromatic nitrogens is 3. The van der Waals surface area contributed by atoms with Gasteiger partial charge in [0, 0.05) is 12.7 Å². The zero-order valence-corrected chi connectivity index (χ0v) is 11.9. The number of hydrogen-bond acceptors (Lipinski definition) is 3. The summed E-state index contributed by atoms with van der Waals surface area (Å²) in [6.45, 7) is 1.14. The van der Waals surface area contributed by atoms with E-state index in [9.17, 15) is 0 Å². The maximum atomic E-state index is 6.18.